The maximum absolute atomic E-state index is 12.9. The Kier molecular flexibility index (Phi) is 7.30. The Morgan fingerprint density at radius 1 is 1.10 bits per heavy atom. The van der Waals surface area contributed by atoms with Gasteiger partial charge in [-0.05, 0) is 48.9 Å². The van der Waals surface area contributed by atoms with Gasteiger partial charge in [-0.15, -0.1) is 0 Å². The number of carbonyl (C=O) groups excluding carboxylic acids is 1. The first-order valence-electron chi connectivity index (χ1n) is 9.91. The minimum Gasteiger partial charge on any atom is -0.497 e. The van der Waals surface area contributed by atoms with Crippen LogP contribution in [0, 0.1) is 0 Å². The fourth-order valence-corrected chi connectivity index (χ4v) is 3.31. The molecule has 0 unspecified atom stereocenters. The number of methoxy groups -OCH3 is 1. The second-order valence-electron chi connectivity index (χ2n) is 6.82. The van der Waals surface area contributed by atoms with E-state index in [1.807, 2.05) is 42.5 Å². The predicted molar refractivity (Wildman–Crippen MR) is 117 cm³/mol. The number of nitrogens with zero attached hydrogens (tertiary/aromatic N) is 2. The van der Waals surface area contributed by atoms with Gasteiger partial charge in [-0.25, -0.2) is 4.68 Å². The van der Waals surface area contributed by atoms with Gasteiger partial charge in [-0.2, -0.15) is 5.10 Å². The molecule has 0 atom stereocenters. The first kappa shape index (κ1) is 20.9. The zero-order chi connectivity index (χ0) is 20.6. The van der Waals surface area contributed by atoms with Gasteiger partial charge in [0.05, 0.1) is 23.5 Å². The van der Waals surface area contributed by atoms with E-state index in [1.54, 1.807) is 23.9 Å². The van der Waals surface area contributed by atoms with Crippen LogP contribution < -0.4 is 10.1 Å². The number of amides is 1. The largest absolute Gasteiger partial charge is 0.497 e. The van der Waals surface area contributed by atoms with Gasteiger partial charge >= 0.3 is 0 Å². The summed E-state index contributed by atoms with van der Waals surface area (Å²) in [7, 11) is 1.63. The van der Waals surface area contributed by atoms with Crippen LogP contribution in [0.1, 0.15) is 43.1 Å². The maximum Gasteiger partial charge on any atom is 0.270 e. The van der Waals surface area contributed by atoms with E-state index in [0.29, 0.717) is 28.6 Å². The summed E-state index contributed by atoms with van der Waals surface area (Å²) in [4.78, 5) is 12.9. The predicted octanol–water partition coefficient (Wildman–Crippen LogP) is 5.51. The van der Waals surface area contributed by atoms with Gasteiger partial charge in [0.25, 0.3) is 5.91 Å². The van der Waals surface area contributed by atoms with Crippen LogP contribution in [0.15, 0.2) is 54.6 Å². The van der Waals surface area contributed by atoms with Crippen LogP contribution in [-0.2, 0) is 0 Å². The van der Waals surface area contributed by atoms with Crippen molar-refractivity contribution in [2.24, 2.45) is 0 Å². The van der Waals surface area contributed by atoms with Crippen LogP contribution in [0.4, 0.5) is 0 Å². The van der Waals surface area contributed by atoms with E-state index in [-0.39, 0.29) is 5.91 Å². The zero-order valence-electron chi connectivity index (χ0n) is 16.8. The highest BCUT2D eigenvalue weighted by molar-refractivity contribution is 6.32. The molecular weight excluding hydrogens is 386 g/mol. The number of aromatic nitrogens is 2. The van der Waals surface area contributed by atoms with E-state index in [0.717, 1.165) is 24.2 Å². The molecule has 0 bridgehead atoms. The summed E-state index contributed by atoms with van der Waals surface area (Å²) in [6, 6.07) is 16.8. The Morgan fingerprint density at radius 3 is 2.55 bits per heavy atom. The van der Waals surface area contributed by atoms with Crippen molar-refractivity contribution in [3.8, 4) is 22.7 Å². The number of halogens is 1. The number of hydrogen-bond donors (Lipinski definition) is 1. The second-order valence-corrected chi connectivity index (χ2v) is 7.23. The summed E-state index contributed by atoms with van der Waals surface area (Å²) in [6.45, 7) is 2.81. The minimum atomic E-state index is -0.159. The Labute approximate surface area is 176 Å². The number of unbranched alkanes of at least 4 members (excludes halogenated alkanes) is 3. The molecule has 1 N–H and O–H groups in total. The summed E-state index contributed by atoms with van der Waals surface area (Å²) >= 11 is 6.38. The highest BCUT2D eigenvalue weighted by Crippen LogP contribution is 2.26. The third-order valence-corrected chi connectivity index (χ3v) is 5.04. The van der Waals surface area contributed by atoms with Crippen LogP contribution in [0.2, 0.25) is 5.02 Å². The molecule has 0 aliphatic carbocycles. The third-order valence-electron chi connectivity index (χ3n) is 4.72. The first-order valence-corrected chi connectivity index (χ1v) is 10.3. The standard InChI is InChI=1S/C23H26ClN3O2/c1-3-4-5-8-15-25-23(28)22-16-20(17-11-13-18(29-2)14-12-17)26-27(22)21-10-7-6-9-19(21)24/h6-7,9-14,16H,3-5,8,15H2,1-2H3,(H,25,28). The summed E-state index contributed by atoms with van der Waals surface area (Å²) in [5.74, 6) is 0.609. The lowest BCUT2D eigenvalue weighted by Gasteiger charge is -2.09. The van der Waals surface area contributed by atoms with Gasteiger partial charge in [-0.3, -0.25) is 4.79 Å². The fourth-order valence-electron chi connectivity index (χ4n) is 3.10. The number of nitrogens with one attached hydrogen (secondary N) is 1. The second kappa shape index (κ2) is 10.1. The van der Waals surface area contributed by atoms with Crippen LogP contribution in [0.5, 0.6) is 5.75 Å². The molecule has 0 fully saturated rings. The quantitative estimate of drug-likeness (QED) is 0.472. The summed E-state index contributed by atoms with van der Waals surface area (Å²) in [6.07, 6.45) is 4.41. The van der Waals surface area contributed by atoms with Crippen molar-refractivity contribution in [1.82, 2.24) is 15.1 Å². The zero-order valence-corrected chi connectivity index (χ0v) is 17.6. The Hall–Kier alpha value is -2.79. The molecule has 0 aliphatic heterocycles. The maximum atomic E-state index is 12.9. The lowest BCUT2D eigenvalue weighted by Crippen LogP contribution is -2.26. The van der Waals surface area contributed by atoms with Gasteiger partial charge in [0.2, 0.25) is 0 Å². The van der Waals surface area contributed by atoms with Crippen molar-refractivity contribution in [2.45, 2.75) is 32.6 Å². The molecule has 0 aliphatic rings. The molecule has 0 spiro atoms. The van der Waals surface area contributed by atoms with E-state index >= 15 is 0 Å². The molecule has 1 heterocycles. The Balaban J connectivity index is 1.91. The van der Waals surface area contributed by atoms with Crippen LogP contribution in [0.3, 0.4) is 0 Å². The monoisotopic (exact) mass is 411 g/mol. The van der Waals surface area contributed by atoms with Crippen molar-refractivity contribution >= 4 is 17.5 Å². The van der Waals surface area contributed by atoms with Gasteiger partial charge in [0, 0.05) is 12.1 Å². The van der Waals surface area contributed by atoms with Crippen LogP contribution >= 0.6 is 11.6 Å². The molecule has 3 rings (SSSR count). The molecule has 0 saturated heterocycles. The smallest absolute Gasteiger partial charge is 0.270 e. The number of rotatable bonds is 9. The summed E-state index contributed by atoms with van der Waals surface area (Å²) < 4.78 is 6.84. The van der Waals surface area contributed by atoms with Crippen LogP contribution in [-0.4, -0.2) is 29.3 Å². The minimum absolute atomic E-state index is 0.159. The van der Waals surface area contributed by atoms with E-state index < -0.39 is 0 Å². The van der Waals surface area contributed by atoms with E-state index in [2.05, 4.69) is 17.3 Å². The average Bonchev–Trinajstić information content (AvgIpc) is 3.19. The summed E-state index contributed by atoms with van der Waals surface area (Å²) in [5.41, 5.74) is 2.72. The molecule has 0 radical (unpaired) electrons. The molecule has 0 saturated carbocycles. The Bertz CT molecular complexity index is 951. The molecule has 5 nitrogen and oxygen atoms in total. The molecule has 1 aromatic heterocycles. The molecule has 152 valence electrons. The third kappa shape index (κ3) is 5.18. The SMILES string of the molecule is CCCCCCNC(=O)c1cc(-c2ccc(OC)cc2)nn1-c1ccccc1Cl. The molecule has 3 aromatic rings. The van der Waals surface area contributed by atoms with Gasteiger partial charge in [0.15, 0.2) is 0 Å². The van der Waals surface area contributed by atoms with Gasteiger partial charge in [-0.1, -0.05) is 49.9 Å². The van der Waals surface area contributed by atoms with E-state index in [1.165, 1.54) is 12.8 Å². The molecule has 29 heavy (non-hydrogen) atoms. The van der Waals surface area contributed by atoms with Crippen molar-refractivity contribution in [1.29, 1.82) is 0 Å². The van der Waals surface area contributed by atoms with Crippen molar-refractivity contribution in [2.75, 3.05) is 13.7 Å². The highest BCUT2D eigenvalue weighted by atomic mass is 35.5. The summed E-state index contributed by atoms with van der Waals surface area (Å²) in [5, 5.41) is 8.22. The fraction of sp³-hybridized carbons (Fsp3) is 0.304. The first-order chi connectivity index (χ1) is 14.1. The molecule has 6 heteroatoms. The lowest BCUT2D eigenvalue weighted by molar-refractivity contribution is 0.0945. The normalized spacial score (nSPS) is 10.7. The Morgan fingerprint density at radius 2 is 1.86 bits per heavy atom. The molecular formula is C23H26ClN3O2. The van der Waals surface area contributed by atoms with E-state index in [4.69, 9.17) is 16.3 Å². The highest BCUT2D eigenvalue weighted by Gasteiger charge is 2.18. The molecule has 2 aromatic carbocycles. The van der Waals surface area contributed by atoms with Gasteiger partial charge < -0.3 is 10.1 Å². The number of hydrogen-bond acceptors (Lipinski definition) is 3. The lowest BCUT2D eigenvalue weighted by atomic mass is 10.1. The average molecular weight is 412 g/mol. The number of benzene rings is 2. The number of carbonyl (C=O) groups is 1. The van der Waals surface area contributed by atoms with Crippen LogP contribution in [0.25, 0.3) is 16.9 Å². The topological polar surface area (TPSA) is 56.1 Å². The number of ether oxygens (including phenoxy) is 1. The van der Waals surface area contributed by atoms with Gasteiger partial charge in [0.1, 0.15) is 11.4 Å². The number of para-hydroxylation sites is 1. The van der Waals surface area contributed by atoms with Crippen molar-refractivity contribution in [3.63, 3.8) is 0 Å². The van der Waals surface area contributed by atoms with Crippen molar-refractivity contribution < 1.29 is 9.53 Å². The molecule has 1 amide bonds. The van der Waals surface area contributed by atoms with E-state index in [9.17, 15) is 4.79 Å². The van der Waals surface area contributed by atoms with Crippen molar-refractivity contribution in [3.05, 3.63) is 65.3 Å².